The first-order chi connectivity index (χ1) is 12.1. The minimum absolute atomic E-state index is 0.403. The maximum atomic E-state index is 11.4. The van der Waals surface area contributed by atoms with E-state index in [0.29, 0.717) is 5.56 Å². The molecule has 0 spiro atoms. The molecular formula is C19H25N5O. The van der Waals surface area contributed by atoms with Crippen molar-refractivity contribution in [2.24, 2.45) is 5.73 Å². The second-order valence-corrected chi connectivity index (χ2v) is 6.26. The van der Waals surface area contributed by atoms with Gasteiger partial charge in [-0.15, -0.1) is 0 Å². The number of rotatable bonds is 6. The van der Waals surface area contributed by atoms with Gasteiger partial charge in [0.25, 0.3) is 5.91 Å². The predicted molar refractivity (Wildman–Crippen MR) is 103 cm³/mol. The number of benzene rings is 2. The van der Waals surface area contributed by atoms with Crippen molar-refractivity contribution in [3.05, 3.63) is 54.1 Å². The fraction of sp³-hybridized carbons (Fsp3) is 0.316. The largest absolute Gasteiger partial charge is 0.399 e. The number of hydrogen-bond donors (Lipinski definition) is 3. The molecule has 0 radical (unpaired) electrons. The number of primary amides is 1. The highest BCUT2D eigenvalue weighted by Gasteiger charge is 2.17. The zero-order valence-electron chi connectivity index (χ0n) is 14.3. The lowest BCUT2D eigenvalue weighted by Crippen LogP contribution is -2.47. The van der Waals surface area contributed by atoms with E-state index in [1.54, 1.807) is 6.07 Å². The van der Waals surface area contributed by atoms with E-state index in [4.69, 9.17) is 11.5 Å². The lowest BCUT2D eigenvalue weighted by molar-refractivity contribution is 0.100. The van der Waals surface area contributed by atoms with Crippen LogP contribution in [0.4, 0.5) is 17.1 Å². The van der Waals surface area contributed by atoms with Crippen LogP contribution in [0.2, 0.25) is 0 Å². The molecule has 1 saturated heterocycles. The van der Waals surface area contributed by atoms with Crippen molar-refractivity contribution < 1.29 is 4.79 Å². The zero-order valence-corrected chi connectivity index (χ0v) is 14.3. The predicted octanol–water partition coefficient (Wildman–Crippen LogP) is 1.60. The number of nitrogens with one attached hydrogen (secondary N) is 1. The summed E-state index contributed by atoms with van der Waals surface area (Å²) >= 11 is 0. The van der Waals surface area contributed by atoms with Gasteiger partial charge in [0.2, 0.25) is 0 Å². The van der Waals surface area contributed by atoms with Gasteiger partial charge >= 0.3 is 0 Å². The van der Waals surface area contributed by atoms with Gasteiger partial charge in [0.1, 0.15) is 0 Å². The zero-order chi connectivity index (χ0) is 17.6. The monoisotopic (exact) mass is 339 g/mol. The summed E-state index contributed by atoms with van der Waals surface area (Å²) in [4.78, 5) is 16.2. The number of nitrogens with zero attached hydrogens (tertiary/aromatic N) is 2. The fourth-order valence-electron chi connectivity index (χ4n) is 3.12. The molecule has 5 N–H and O–H groups in total. The lowest BCUT2D eigenvalue weighted by Gasteiger charge is -2.36. The van der Waals surface area contributed by atoms with Gasteiger partial charge in [-0.25, -0.2) is 0 Å². The van der Waals surface area contributed by atoms with Crippen LogP contribution >= 0.6 is 0 Å². The summed E-state index contributed by atoms with van der Waals surface area (Å²) in [5.74, 6) is -0.403. The number of anilines is 3. The Morgan fingerprint density at radius 2 is 1.68 bits per heavy atom. The van der Waals surface area contributed by atoms with E-state index in [2.05, 4.69) is 27.2 Å². The number of hydrogen-bond acceptors (Lipinski definition) is 5. The van der Waals surface area contributed by atoms with Crippen molar-refractivity contribution in [1.29, 1.82) is 0 Å². The highest BCUT2D eigenvalue weighted by molar-refractivity contribution is 5.98. The van der Waals surface area contributed by atoms with E-state index in [1.807, 2.05) is 30.3 Å². The van der Waals surface area contributed by atoms with Gasteiger partial charge in [-0.3, -0.25) is 9.69 Å². The van der Waals surface area contributed by atoms with Crippen LogP contribution in [0, 0.1) is 0 Å². The summed E-state index contributed by atoms with van der Waals surface area (Å²) < 4.78 is 0. The first-order valence-corrected chi connectivity index (χ1v) is 8.59. The molecule has 1 aliphatic heterocycles. The molecule has 0 atom stereocenters. The molecule has 0 saturated carbocycles. The Labute approximate surface area is 148 Å². The number of nitrogen functional groups attached to an aromatic ring is 1. The number of carbonyl (C=O) groups excluding carboxylic acids is 1. The number of amides is 1. The maximum absolute atomic E-state index is 11.4. The average molecular weight is 339 g/mol. The smallest absolute Gasteiger partial charge is 0.250 e. The highest BCUT2D eigenvalue weighted by atomic mass is 16.1. The third kappa shape index (κ3) is 4.42. The standard InChI is InChI=1S/C19H25N5O/c20-15-5-7-16(8-6-15)24-13-11-23(12-14-24)10-9-22-18-4-2-1-3-17(18)19(21)25/h1-8,22H,9-14,20H2,(H2,21,25). The van der Waals surface area contributed by atoms with Gasteiger partial charge in [0.15, 0.2) is 0 Å². The van der Waals surface area contributed by atoms with Crippen LogP contribution in [0.1, 0.15) is 10.4 Å². The van der Waals surface area contributed by atoms with Crippen molar-refractivity contribution in [3.8, 4) is 0 Å². The summed E-state index contributed by atoms with van der Waals surface area (Å²) in [6.07, 6.45) is 0. The highest BCUT2D eigenvalue weighted by Crippen LogP contribution is 2.18. The molecule has 1 heterocycles. The Hall–Kier alpha value is -2.73. The third-order valence-electron chi connectivity index (χ3n) is 4.57. The van der Waals surface area contributed by atoms with Crippen LogP contribution in [-0.4, -0.2) is 50.1 Å². The van der Waals surface area contributed by atoms with Crippen molar-refractivity contribution in [2.45, 2.75) is 0 Å². The number of piperazine rings is 1. The van der Waals surface area contributed by atoms with E-state index >= 15 is 0 Å². The van der Waals surface area contributed by atoms with E-state index < -0.39 is 5.91 Å². The van der Waals surface area contributed by atoms with Crippen LogP contribution in [-0.2, 0) is 0 Å². The molecule has 1 amide bonds. The van der Waals surface area contributed by atoms with Gasteiger partial charge in [0, 0.05) is 56.3 Å². The Morgan fingerprint density at radius 3 is 2.36 bits per heavy atom. The Morgan fingerprint density at radius 1 is 1.00 bits per heavy atom. The molecule has 1 fully saturated rings. The van der Waals surface area contributed by atoms with Gasteiger partial charge in [-0.1, -0.05) is 12.1 Å². The van der Waals surface area contributed by atoms with E-state index in [9.17, 15) is 4.79 Å². The maximum Gasteiger partial charge on any atom is 0.250 e. The third-order valence-corrected chi connectivity index (χ3v) is 4.57. The van der Waals surface area contributed by atoms with Crippen LogP contribution in [0.25, 0.3) is 0 Å². The Balaban J connectivity index is 1.45. The quantitative estimate of drug-likeness (QED) is 0.696. The average Bonchev–Trinajstić information content (AvgIpc) is 2.63. The molecule has 2 aromatic rings. The summed E-state index contributed by atoms with van der Waals surface area (Å²) in [5, 5.41) is 3.32. The second kappa shape index (κ2) is 7.90. The van der Waals surface area contributed by atoms with Crippen LogP contribution in [0.15, 0.2) is 48.5 Å². The van der Waals surface area contributed by atoms with Gasteiger partial charge in [-0.05, 0) is 36.4 Å². The van der Waals surface area contributed by atoms with Crippen molar-refractivity contribution in [2.75, 3.05) is 55.2 Å². The molecule has 25 heavy (non-hydrogen) atoms. The van der Waals surface area contributed by atoms with Crippen LogP contribution in [0.3, 0.4) is 0 Å². The molecule has 3 rings (SSSR count). The fourth-order valence-corrected chi connectivity index (χ4v) is 3.12. The van der Waals surface area contributed by atoms with Gasteiger partial charge in [0.05, 0.1) is 5.56 Å². The molecule has 2 aromatic carbocycles. The first-order valence-electron chi connectivity index (χ1n) is 8.59. The topological polar surface area (TPSA) is 87.6 Å². The van der Waals surface area contributed by atoms with Gasteiger partial charge < -0.3 is 21.7 Å². The minimum atomic E-state index is -0.403. The molecule has 6 heteroatoms. The molecule has 0 aromatic heterocycles. The molecule has 0 unspecified atom stereocenters. The summed E-state index contributed by atoms with van der Waals surface area (Å²) in [6.45, 7) is 5.76. The summed E-state index contributed by atoms with van der Waals surface area (Å²) in [5.41, 5.74) is 14.5. The van der Waals surface area contributed by atoms with Crippen molar-refractivity contribution >= 4 is 23.0 Å². The molecule has 1 aliphatic rings. The summed E-state index contributed by atoms with van der Waals surface area (Å²) in [6, 6.07) is 15.4. The lowest BCUT2D eigenvalue weighted by atomic mass is 10.1. The molecule has 0 bridgehead atoms. The number of para-hydroxylation sites is 1. The number of nitrogens with two attached hydrogens (primary N) is 2. The van der Waals surface area contributed by atoms with Crippen LogP contribution < -0.4 is 21.7 Å². The van der Waals surface area contributed by atoms with Crippen molar-refractivity contribution in [3.63, 3.8) is 0 Å². The normalized spacial score (nSPS) is 15.1. The van der Waals surface area contributed by atoms with Crippen LogP contribution in [0.5, 0.6) is 0 Å². The Bertz CT molecular complexity index is 708. The summed E-state index contributed by atoms with van der Waals surface area (Å²) in [7, 11) is 0. The van der Waals surface area contributed by atoms with Gasteiger partial charge in [-0.2, -0.15) is 0 Å². The minimum Gasteiger partial charge on any atom is -0.399 e. The molecule has 132 valence electrons. The van der Waals surface area contributed by atoms with Crippen molar-refractivity contribution in [1.82, 2.24) is 4.90 Å². The second-order valence-electron chi connectivity index (χ2n) is 6.26. The molecule has 6 nitrogen and oxygen atoms in total. The number of carbonyl (C=O) groups is 1. The first kappa shape index (κ1) is 17.1. The van der Waals surface area contributed by atoms with E-state index in [0.717, 1.165) is 50.6 Å². The Kier molecular flexibility index (Phi) is 5.40. The van der Waals surface area contributed by atoms with E-state index in [-0.39, 0.29) is 0 Å². The molecular weight excluding hydrogens is 314 g/mol. The van der Waals surface area contributed by atoms with E-state index in [1.165, 1.54) is 5.69 Å². The molecule has 0 aliphatic carbocycles. The SMILES string of the molecule is NC(=O)c1ccccc1NCCN1CCN(c2ccc(N)cc2)CC1.